The molecule has 2 unspecified atom stereocenters. The van der Waals surface area contributed by atoms with Crippen molar-refractivity contribution in [1.29, 1.82) is 0 Å². The molecule has 11 nitrogen and oxygen atoms in total. The minimum Gasteiger partial charge on any atom is -0.444 e. The summed E-state index contributed by atoms with van der Waals surface area (Å²) in [5, 5.41) is 27.2. The SMILES string of the molecule is CCCN(CCC)C(=O)c1cc(C)cc(C(=O)N[C@@H](Cc2cc(F)cc(F)c2)C(O)c2ccc(C)cn2)c1.Cc1ccc(C(O)[C@H](Cc2cc(F)cc(F)c2)NC(=O)OC(C)(C)C)nc1. The van der Waals surface area contributed by atoms with Crippen LogP contribution in [0, 0.1) is 44.0 Å². The second kappa shape index (κ2) is 23.7. The lowest BCUT2D eigenvalue weighted by atomic mass is 9.97. The fraction of sp³-hybridized carbons (Fsp3) is 0.380. The molecule has 348 valence electrons. The van der Waals surface area contributed by atoms with Crippen LogP contribution in [0.15, 0.2) is 91.3 Å². The van der Waals surface area contributed by atoms with E-state index in [9.17, 15) is 42.2 Å². The van der Waals surface area contributed by atoms with Crippen LogP contribution in [0.3, 0.4) is 0 Å². The molecule has 0 fully saturated rings. The molecule has 0 aliphatic carbocycles. The van der Waals surface area contributed by atoms with Gasteiger partial charge in [-0.1, -0.05) is 26.0 Å². The summed E-state index contributed by atoms with van der Waals surface area (Å²) in [7, 11) is 0. The van der Waals surface area contributed by atoms with Crippen molar-refractivity contribution in [2.45, 2.75) is 111 Å². The van der Waals surface area contributed by atoms with E-state index in [-0.39, 0.29) is 29.9 Å². The van der Waals surface area contributed by atoms with E-state index in [4.69, 9.17) is 4.74 Å². The first-order valence-corrected chi connectivity index (χ1v) is 21.5. The number of ether oxygens (including phenoxy) is 1. The van der Waals surface area contributed by atoms with Gasteiger partial charge in [-0.15, -0.1) is 0 Å². The number of aromatic nitrogens is 2. The Morgan fingerprint density at radius 1 is 0.631 bits per heavy atom. The van der Waals surface area contributed by atoms with Gasteiger partial charge in [0.2, 0.25) is 0 Å². The molecule has 2 aromatic heterocycles. The fourth-order valence-electron chi connectivity index (χ4n) is 6.95. The van der Waals surface area contributed by atoms with Gasteiger partial charge in [0.1, 0.15) is 41.1 Å². The molecular formula is C50H59F4N5O6. The molecule has 0 radical (unpaired) electrons. The number of carbonyl (C=O) groups excluding carboxylic acids is 3. The zero-order valence-electron chi connectivity index (χ0n) is 38.1. The molecule has 0 aliphatic heterocycles. The third-order valence-corrected chi connectivity index (χ3v) is 9.87. The fourth-order valence-corrected chi connectivity index (χ4v) is 6.95. The number of aryl methyl sites for hydroxylation is 3. The van der Waals surface area contributed by atoms with Gasteiger partial charge >= 0.3 is 6.09 Å². The Morgan fingerprint density at radius 3 is 1.46 bits per heavy atom. The highest BCUT2D eigenvalue weighted by Crippen LogP contribution is 2.23. The van der Waals surface area contributed by atoms with E-state index in [0.717, 1.165) is 65.9 Å². The summed E-state index contributed by atoms with van der Waals surface area (Å²) in [5.74, 6) is -3.64. The van der Waals surface area contributed by atoms with Gasteiger partial charge in [-0.2, -0.15) is 0 Å². The average molecular weight is 902 g/mol. The van der Waals surface area contributed by atoms with Gasteiger partial charge in [0, 0.05) is 48.7 Å². The topological polar surface area (TPSA) is 154 Å². The number of hydrogen-bond acceptors (Lipinski definition) is 8. The van der Waals surface area contributed by atoms with Crippen molar-refractivity contribution in [3.05, 3.63) is 165 Å². The first kappa shape index (κ1) is 51.4. The second-order valence-electron chi connectivity index (χ2n) is 17.1. The van der Waals surface area contributed by atoms with Crippen LogP contribution in [0.5, 0.6) is 0 Å². The van der Waals surface area contributed by atoms with E-state index in [1.807, 2.05) is 27.7 Å². The molecule has 0 bridgehead atoms. The Hall–Kier alpha value is -6.19. The smallest absolute Gasteiger partial charge is 0.407 e. The van der Waals surface area contributed by atoms with Crippen molar-refractivity contribution in [2.24, 2.45) is 0 Å². The Labute approximate surface area is 378 Å². The minimum atomic E-state index is -1.25. The number of aliphatic hydroxyl groups excluding tert-OH is 2. The monoisotopic (exact) mass is 901 g/mol. The lowest BCUT2D eigenvalue weighted by Crippen LogP contribution is -2.43. The first-order chi connectivity index (χ1) is 30.6. The van der Waals surface area contributed by atoms with E-state index in [1.54, 1.807) is 87.5 Å². The third kappa shape index (κ3) is 16.4. The number of pyridine rings is 2. The van der Waals surface area contributed by atoms with Gasteiger partial charge in [0.15, 0.2) is 0 Å². The van der Waals surface area contributed by atoms with Crippen molar-refractivity contribution in [1.82, 2.24) is 25.5 Å². The van der Waals surface area contributed by atoms with E-state index in [1.165, 1.54) is 0 Å². The van der Waals surface area contributed by atoms with Gasteiger partial charge < -0.3 is 30.5 Å². The number of benzene rings is 3. The number of rotatable bonds is 16. The van der Waals surface area contributed by atoms with Crippen molar-refractivity contribution < 1.29 is 46.9 Å². The molecule has 0 saturated heterocycles. The maximum Gasteiger partial charge on any atom is 0.407 e. The van der Waals surface area contributed by atoms with E-state index < -0.39 is 65.2 Å². The Bertz CT molecular complexity index is 2330. The van der Waals surface area contributed by atoms with Crippen molar-refractivity contribution in [3.8, 4) is 0 Å². The standard InChI is InChI=1S/C30H35F2N3O3.C20H24F2N2O3/c1-5-9-35(10-6-2)30(38)23-12-20(4)11-22(16-23)29(37)34-27(15-21-13-24(31)17-25(32)14-21)28(36)26-8-7-19(3)18-33-26;1-12-5-6-16(23-11-12)18(25)17(24-19(26)27-20(2,3)4)9-13-7-14(21)10-15(22)8-13/h7-8,11-14,16-18,27-28,36H,5-6,9-10,15H2,1-4H3,(H,34,37);5-8,10-11,17-18,25H,9H2,1-4H3,(H,24,26)/t27-,28?;17-,18?/m00/s1. The summed E-state index contributed by atoms with van der Waals surface area (Å²) in [6.07, 6.45) is 1.58. The van der Waals surface area contributed by atoms with Gasteiger partial charge in [0.05, 0.1) is 23.5 Å². The van der Waals surface area contributed by atoms with Crippen molar-refractivity contribution in [3.63, 3.8) is 0 Å². The molecule has 0 spiro atoms. The van der Waals surface area contributed by atoms with Gasteiger partial charge in [-0.25, -0.2) is 22.4 Å². The molecule has 3 aromatic carbocycles. The van der Waals surface area contributed by atoms with Crippen LogP contribution in [-0.2, 0) is 17.6 Å². The molecule has 5 rings (SSSR count). The summed E-state index contributed by atoms with van der Waals surface area (Å²) < 4.78 is 60.0. The number of halogens is 4. The largest absolute Gasteiger partial charge is 0.444 e. The zero-order valence-corrected chi connectivity index (χ0v) is 38.1. The minimum absolute atomic E-state index is 0.00928. The normalized spacial score (nSPS) is 13.1. The predicted octanol–water partition coefficient (Wildman–Crippen LogP) is 9.15. The number of carbonyl (C=O) groups is 3. The van der Waals surface area contributed by atoms with Crippen LogP contribution in [0.4, 0.5) is 22.4 Å². The van der Waals surface area contributed by atoms with Crippen LogP contribution in [0.2, 0.25) is 0 Å². The lowest BCUT2D eigenvalue weighted by molar-refractivity contribution is 0.0417. The Kier molecular flexibility index (Phi) is 18.7. The second-order valence-corrected chi connectivity index (χ2v) is 17.1. The van der Waals surface area contributed by atoms with Crippen LogP contribution < -0.4 is 10.6 Å². The summed E-state index contributed by atoms with van der Waals surface area (Å²) in [6, 6.07) is 16.1. The molecular weight excluding hydrogens is 843 g/mol. The number of alkyl carbamates (subject to hydrolysis) is 1. The molecule has 5 aromatic rings. The lowest BCUT2D eigenvalue weighted by Gasteiger charge is -2.26. The van der Waals surface area contributed by atoms with E-state index >= 15 is 0 Å². The zero-order chi connectivity index (χ0) is 48.0. The molecule has 3 amide bonds. The number of aliphatic hydroxyl groups is 2. The van der Waals surface area contributed by atoms with Crippen LogP contribution >= 0.6 is 0 Å². The summed E-state index contributed by atoms with van der Waals surface area (Å²) in [4.78, 5) is 48.9. The molecule has 65 heavy (non-hydrogen) atoms. The van der Waals surface area contributed by atoms with Gasteiger partial charge in [-0.3, -0.25) is 19.6 Å². The highest BCUT2D eigenvalue weighted by Gasteiger charge is 2.29. The Morgan fingerprint density at radius 2 is 1.06 bits per heavy atom. The van der Waals surface area contributed by atoms with Crippen LogP contribution in [0.25, 0.3) is 0 Å². The number of nitrogens with zero attached hydrogens (tertiary/aromatic N) is 3. The highest BCUT2D eigenvalue weighted by atomic mass is 19.1. The first-order valence-electron chi connectivity index (χ1n) is 21.5. The molecule has 4 N–H and O–H groups in total. The summed E-state index contributed by atoms with van der Waals surface area (Å²) in [5.41, 5.74) is 3.67. The van der Waals surface area contributed by atoms with E-state index in [0.29, 0.717) is 35.6 Å². The van der Waals surface area contributed by atoms with Crippen LogP contribution in [0.1, 0.15) is 120 Å². The number of hydrogen-bond donors (Lipinski definition) is 4. The van der Waals surface area contributed by atoms with Gasteiger partial charge in [0.25, 0.3) is 11.8 Å². The van der Waals surface area contributed by atoms with Crippen molar-refractivity contribution in [2.75, 3.05) is 13.1 Å². The Balaban J connectivity index is 0.000000302. The molecule has 2 heterocycles. The quantitative estimate of drug-likeness (QED) is 0.0716. The molecule has 15 heteroatoms. The maximum atomic E-state index is 13.9. The molecule has 4 atom stereocenters. The van der Waals surface area contributed by atoms with E-state index in [2.05, 4.69) is 20.6 Å². The average Bonchev–Trinajstić information content (AvgIpc) is 3.21. The maximum absolute atomic E-state index is 13.9. The van der Waals surface area contributed by atoms with Crippen LogP contribution in [-0.4, -0.2) is 73.8 Å². The van der Waals surface area contributed by atoms with Gasteiger partial charge in [-0.05, 0) is 150 Å². The summed E-state index contributed by atoms with van der Waals surface area (Å²) in [6.45, 7) is 15.9. The predicted molar refractivity (Wildman–Crippen MR) is 240 cm³/mol. The highest BCUT2D eigenvalue weighted by molar-refractivity contribution is 6.00. The third-order valence-electron chi connectivity index (χ3n) is 9.87. The molecule has 0 saturated carbocycles. The summed E-state index contributed by atoms with van der Waals surface area (Å²) >= 11 is 0. The van der Waals surface area contributed by atoms with Crippen molar-refractivity contribution >= 4 is 17.9 Å². The molecule has 0 aliphatic rings. The number of amides is 3. The number of nitrogens with one attached hydrogen (secondary N) is 2.